The van der Waals surface area contributed by atoms with Gasteiger partial charge in [-0.05, 0) is 37.1 Å². The van der Waals surface area contributed by atoms with E-state index in [1.807, 2.05) is 12.3 Å². The van der Waals surface area contributed by atoms with Crippen LogP contribution in [0.25, 0.3) is 0 Å². The maximum absolute atomic E-state index is 13.0. The molecule has 0 aromatic carbocycles. The number of hydrogen-bond acceptors (Lipinski definition) is 4. The number of ketones is 1. The first-order valence-corrected chi connectivity index (χ1v) is 9.00. The molecule has 0 N–H and O–H groups in total. The van der Waals surface area contributed by atoms with Crippen LogP contribution in [-0.2, 0) is 4.79 Å². The van der Waals surface area contributed by atoms with Gasteiger partial charge in [-0.15, -0.1) is 11.3 Å². The van der Waals surface area contributed by atoms with E-state index in [4.69, 9.17) is 0 Å². The number of nitrogens with zero attached hydrogens (tertiary/aromatic N) is 2. The molecule has 1 aliphatic heterocycles. The topological polar surface area (TPSA) is 57.7 Å². The van der Waals surface area contributed by atoms with Crippen LogP contribution in [-0.4, -0.2) is 46.7 Å². The van der Waals surface area contributed by atoms with E-state index in [0.717, 1.165) is 30.6 Å². The SMILES string of the molecule is CN1C(=O)N(CC(=O)c2cccs2)C(=O)C1(C)C1CCCCC1. The minimum atomic E-state index is -0.812. The van der Waals surface area contributed by atoms with E-state index in [1.165, 1.54) is 17.8 Å². The smallest absolute Gasteiger partial charge is 0.313 e. The number of imide groups is 1. The fourth-order valence-corrected chi connectivity index (χ4v) is 4.45. The monoisotopic (exact) mass is 334 g/mol. The lowest BCUT2D eigenvalue weighted by Crippen LogP contribution is -2.52. The molecule has 5 nitrogen and oxygen atoms in total. The molecule has 1 aliphatic carbocycles. The lowest BCUT2D eigenvalue weighted by atomic mass is 9.75. The Kier molecular flexibility index (Phi) is 4.27. The van der Waals surface area contributed by atoms with Crippen molar-refractivity contribution in [3.8, 4) is 0 Å². The van der Waals surface area contributed by atoms with Gasteiger partial charge in [0.15, 0.2) is 5.78 Å². The summed E-state index contributed by atoms with van der Waals surface area (Å²) in [6, 6.07) is 3.17. The summed E-state index contributed by atoms with van der Waals surface area (Å²) < 4.78 is 0. The molecule has 1 atom stereocenters. The number of amides is 3. The molecule has 1 aromatic heterocycles. The van der Waals surface area contributed by atoms with Crippen molar-refractivity contribution in [3.05, 3.63) is 22.4 Å². The lowest BCUT2D eigenvalue weighted by Gasteiger charge is -2.38. The summed E-state index contributed by atoms with van der Waals surface area (Å²) >= 11 is 1.33. The van der Waals surface area contributed by atoms with Gasteiger partial charge in [-0.2, -0.15) is 0 Å². The third-order valence-corrected chi connectivity index (χ3v) is 6.30. The summed E-state index contributed by atoms with van der Waals surface area (Å²) in [5, 5.41) is 1.82. The molecule has 1 saturated heterocycles. The van der Waals surface area contributed by atoms with Crippen LogP contribution in [0.1, 0.15) is 48.7 Å². The standard InChI is InChI=1S/C17H22N2O3S/c1-17(12-7-4-3-5-8-12)15(21)19(16(22)18(17)2)11-13(20)14-9-6-10-23-14/h6,9-10,12H,3-5,7-8,11H2,1-2H3. The molecule has 1 saturated carbocycles. The van der Waals surface area contributed by atoms with E-state index in [2.05, 4.69) is 0 Å². The van der Waals surface area contributed by atoms with Gasteiger partial charge in [-0.3, -0.25) is 14.5 Å². The highest BCUT2D eigenvalue weighted by molar-refractivity contribution is 7.12. The minimum Gasteiger partial charge on any atom is -0.313 e. The van der Waals surface area contributed by atoms with Crippen LogP contribution in [0.15, 0.2) is 17.5 Å². The van der Waals surface area contributed by atoms with Crippen LogP contribution in [0.5, 0.6) is 0 Å². The highest BCUT2D eigenvalue weighted by Gasteiger charge is 2.56. The van der Waals surface area contributed by atoms with E-state index in [9.17, 15) is 14.4 Å². The Bertz CT molecular complexity index is 622. The van der Waals surface area contributed by atoms with Gasteiger partial charge < -0.3 is 4.90 Å². The molecule has 1 unspecified atom stereocenters. The van der Waals surface area contributed by atoms with Crippen molar-refractivity contribution < 1.29 is 14.4 Å². The predicted octanol–water partition coefficient (Wildman–Crippen LogP) is 3.16. The molecule has 124 valence electrons. The van der Waals surface area contributed by atoms with Gasteiger partial charge in [0.1, 0.15) is 5.54 Å². The van der Waals surface area contributed by atoms with Crippen molar-refractivity contribution in [3.63, 3.8) is 0 Å². The number of Topliss-reactive ketones (excluding diaryl/α,β-unsaturated/α-hetero) is 1. The fraction of sp³-hybridized carbons (Fsp3) is 0.588. The van der Waals surface area contributed by atoms with Crippen LogP contribution < -0.4 is 0 Å². The van der Waals surface area contributed by atoms with E-state index in [-0.39, 0.29) is 30.2 Å². The number of urea groups is 1. The summed E-state index contributed by atoms with van der Waals surface area (Å²) in [6.45, 7) is 1.70. The molecule has 1 aromatic rings. The molecule has 2 heterocycles. The fourth-order valence-electron chi connectivity index (χ4n) is 3.79. The molecule has 6 heteroatoms. The Morgan fingerprint density at radius 3 is 2.61 bits per heavy atom. The molecular formula is C17H22N2O3S. The van der Waals surface area contributed by atoms with Crippen molar-refractivity contribution in [1.82, 2.24) is 9.80 Å². The zero-order chi connectivity index (χ0) is 16.6. The number of hydrogen-bond donors (Lipinski definition) is 0. The Labute approximate surface area is 140 Å². The average Bonchev–Trinajstić information content (AvgIpc) is 3.16. The zero-order valence-corrected chi connectivity index (χ0v) is 14.4. The number of carbonyl (C=O) groups excluding carboxylic acids is 3. The second-order valence-corrected chi connectivity index (χ2v) is 7.56. The van der Waals surface area contributed by atoms with Crippen LogP contribution in [0.2, 0.25) is 0 Å². The van der Waals surface area contributed by atoms with Gasteiger partial charge in [-0.1, -0.05) is 25.3 Å². The second kappa shape index (κ2) is 6.07. The van der Waals surface area contributed by atoms with Crippen LogP contribution in [0.4, 0.5) is 4.79 Å². The van der Waals surface area contributed by atoms with E-state index in [1.54, 1.807) is 24.1 Å². The number of rotatable bonds is 4. The number of thiophene rings is 1. The van der Waals surface area contributed by atoms with Gasteiger partial charge in [0, 0.05) is 7.05 Å². The molecule has 0 bridgehead atoms. The summed E-state index contributed by atoms with van der Waals surface area (Å²) in [5.41, 5.74) is -0.812. The summed E-state index contributed by atoms with van der Waals surface area (Å²) in [4.78, 5) is 41.1. The third kappa shape index (κ3) is 2.59. The van der Waals surface area contributed by atoms with Crippen LogP contribution >= 0.6 is 11.3 Å². The van der Waals surface area contributed by atoms with Gasteiger partial charge in [0.25, 0.3) is 5.91 Å². The van der Waals surface area contributed by atoms with Crippen LogP contribution in [0.3, 0.4) is 0 Å². The molecule has 3 amide bonds. The first-order chi connectivity index (χ1) is 11.0. The normalized spacial score (nSPS) is 26.2. The predicted molar refractivity (Wildman–Crippen MR) is 88.5 cm³/mol. The molecule has 0 radical (unpaired) electrons. The first kappa shape index (κ1) is 16.2. The highest BCUT2D eigenvalue weighted by Crippen LogP contribution is 2.40. The largest absolute Gasteiger partial charge is 0.327 e. The second-order valence-electron chi connectivity index (χ2n) is 6.62. The van der Waals surface area contributed by atoms with Crippen molar-refractivity contribution in [2.45, 2.75) is 44.6 Å². The minimum absolute atomic E-state index is 0.162. The van der Waals surface area contributed by atoms with Gasteiger partial charge in [0.2, 0.25) is 0 Å². The Hall–Kier alpha value is -1.69. The van der Waals surface area contributed by atoms with Gasteiger partial charge >= 0.3 is 6.03 Å². The van der Waals surface area contributed by atoms with E-state index >= 15 is 0 Å². The van der Waals surface area contributed by atoms with E-state index in [0.29, 0.717) is 4.88 Å². The average molecular weight is 334 g/mol. The first-order valence-electron chi connectivity index (χ1n) is 8.12. The summed E-state index contributed by atoms with van der Waals surface area (Å²) in [7, 11) is 1.68. The zero-order valence-electron chi connectivity index (χ0n) is 13.6. The Morgan fingerprint density at radius 2 is 2.00 bits per heavy atom. The van der Waals surface area contributed by atoms with Gasteiger partial charge in [0.05, 0.1) is 11.4 Å². The number of likely N-dealkylation sites (N-methyl/N-ethyl adjacent to an activating group) is 1. The lowest BCUT2D eigenvalue weighted by molar-refractivity contribution is -0.135. The van der Waals surface area contributed by atoms with Crippen LogP contribution in [0, 0.1) is 5.92 Å². The summed E-state index contributed by atoms with van der Waals surface area (Å²) in [5.74, 6) is -0.218. The maximum Gasteiger partial charge on any atom is 0.327 e. The molecular weight excluding hydrogens is 312 g/mol. The maximum atomic E-state index is 13.0. The highest BCUT2D eigenvalue weighted by atomic mass is 32.1. The quantitative estimate of drug-likeness (QED) is 0.628. The van der Waals surface area contributed by atoms with E-state index < -0.39 is 5.54 Å². The molecule has 2 aliphatic rings. The van der Waals surface area contributed by atoms with Crippen molar-refractivity contribution in [1.29, 1.82) is 0 Å². The Balaban J connectivity index is 1.81. The summed E-state index contributed by atoms with van der Waals surface area (Å²) in [6.07, 6.45) is 5.32. The molecule has 23 heavy (non-hydrogen) atoms. The molecule has 2 fully saturated rings. The third-order valence-electron chi connectivity index (χ3n) is 5.39. The number of carbonyl (C=O) groups is 3. The Morgan fingerprint density at radius 1 is 1.30 bits per heavy atom. The van der Waals surface area contributed by atoms with Crippen molar-refractivity contribution in [2.24, 2.45) is 5.92 Å². The molecule has 3 rings (SSSR count). The van der Waals surface area contributed by atoms with Gasteiger partial charge in [-0.25, -0.2) is 4.79 Å². The molecule has 0 spiro atoms. The van der Waals surface area contributed by atoms with Crippen molar-refractivity contribution >= 4 is 29.1 Å². The van der Waals surface area contributed by atoms with Crippen molar-refractivity contribution in [2.75, 3.05) is 13.6 Å².